The van der Waals surface area contributed by atoms with Gasteiger partial charge in [0.25, 0.3) is 5.69 Å². The Bertz CT molecular complexity index is 906. The lowest BCUT2D eigenvalue weighted by Gasteiger charge is -2.09. The summed E-state index contributed by atoms with van der Waals surface area (Å²) in [5.41, 5.74) is 2.54. The first-order chi connectivity index (χ1) is 12.0. The molecule has 128 valence electrons. The highest BCUT2D eigenvalue weighted by Crippen LogP contribution is 2.22. The van der Waals surface area contributed by atoms with E-state index in [1.54, 1.807) is 12.1 Å². The van der Waals surface area contributed by atoms with Gasteiger partial charge < -0.3 is 5.32 Å². The van der Waals surface area contributed by atoms with E-state index in [4.69, 9.17) is 0 Å². The molecule has 2 aromatic heterocycles. The zero-order valence-electron chi connectivity index (χ0n) is 14.0. The van der Waals surface area contributed by atoms with Crippen molar-refractivity contribution in [3.8, 4) is 11.4 Å². The Hall–Kier alpha value is -3.29. The summed E-state index contributed by atoms with van der Waals surface area (Å²) in [6, 6.07) is 8.16. The molecule has 0 unspecified atom stereocenters. The summed E-state index contributed by atoms with van der Waals surface area (Å²) in [5.74, 6) is 1.14. The van der Waals surface area contributed by atoms with Crippen LogP contribution in [0.1, 0.15) is 11.3 Å². The van der Waals surface area contributed by atoms with Gasteiger partial charge in [0.2, 0.25) is 0 Å². The maximum absolute atomic E-state index is 10.9. The number of nitro groups is 1. The van der Waals surface area contributed by atoms with Crippen molar-refractivity contribution >= 4 is 11.5 Å². The largest absolute Gasteiger partial charge is 0.368 e. The van der Waals surface area contributed by atoms with Crippen molar-refractivity contribution in [1.29, 1.82) is 0 Å². The Kier molecular flexibility index (Phi) is 4.69. The van der Waals surface area contributed by atoms with Crippen molar-refractivity contribution in [1.82, 2.24) is 19.7 Å². The molecule has 1 N–H and O–H groups in total. The lowest BCUT2D eigenvalue weighted by Crippen LogP contribution is -2.12. The number of aryl methyl sites for hydroxylation is 2. The van der Waals surface area contributed by atoms with Gasteiger partial charge in [-0.1, -0.05) is 12.1 Å². The van der Waals surface area contributed by atoms with Gasteiger partial charge in [0.1, 0.15) is 5.82 Å². The maximum Gasteiger partial charge on any atom is 0.270 e. The highest BCUT2D eigenvalue weighted by molar-refractivity contribution is 5.61. The summed E-state index contributed by atoms with van der Waals surface area (Å²) in [6.07, 6.45) is 3.79. The molecule has 0 aliphatic carbocycles. The van der Waals surface area contributed by atoms with Crippen molar-refractivity contribution in [2.75, 3.05) is 11.9 Å². The Morgan fingerprint density at radius 3 is 2.80 bits per heavy atom. The Morgan fingerprint density at radius 1 is 1.24 bits per heavy atom. The Balaban J connectivity index is 1.76. The highest BCUT2D eigenvalue weighted by atomic mass is 16.6. The maximum atomic E-state index is 10.9. The quantitative estimate of drug-likeness (QED) is 0.548. The lowest BCUT2D eigenvalue weighted by molar-refractivity contribution is -0.384. The van der Waals surface area contributed by atoms with Gasteiger partial charge in [-0.05, 0) is 19.4 Å². The summed E-state index contributed by atoms with van der Waals surface area (Å²) < 4.78 is 1.86. The third-order valence-corrected chi connectivity index (χ3v) is 3.58. The Labute approximate surface area is 144 Å². The second-order valence-corrected chi connectivity index (χ2v) is 5.73. The molecular weight excluding hydrogens is 320 g/mol. The van der Waals surface area contributed by atoms with Gasteiger partial charge in [-0.15, -0.1) is 0 Å². The molecule has 0 aliphatic rings. The van der Waals surface area contributed by atoms with E-state index in [9.17, 15) is 10.1 Å². The molecule has 3 rings (SSSR count). The number of nitrogens with zero attached hydrogens (tertiary/aromatic N) is 5. The van der Waals surface area contributed by atoms with Crippen molar-refractivity contribution in [2.45, 2.75) is 20.4 Å². The average Bonchev–Trinajstić information content (AvgIpc) is 3.00. The van der Waals surface area contributed by atoms with Gasteiger partial charge in [0.05, 0.1) is 17.7 Å². The van der Waals surface area contributed by atoms with Crippen LogP contribution in [-0.4, -0.2) is 31.2 Å². The third kappa shape index (κ3) is 4.17. The number of nitrogens with one attached hydrogen (secondary N) is 1. The zero-order valence-corrected chi connectivity index (χ0v) is 14.0. The first-order valence-corrected chi connectivity index (χ1v) is 7.85. The Morgan fingerprint density at radius 2 is 2.08 bits per heavy atom. The average molecular weight is 338 g/mol. The van der Waals surface area contributed by atoms with E-state index in [-0.39, 0.29) is 5.69 Å². The molecule has 0 spiro atoms. The second-order valence-electron chi connectivity index (χ2n) is 5.73. The van der Waals surface area contributed by atoms with Crippen LogP contribution in [0.4, 0.5) is 11.5 Å². The number of nitro benzene ring substituents is 1. The minimum absolute atomic E-state index is 0.0196. The second kappa shape index (κ2) is 7.08. The van der Waals surface area contributed by atoms with Gasteiger partial charge >= 0.3 is 0 Å². The normalized spacial score (nSPS) is 10.6. The molecule has 8 heteroatoms. The minimum atomic E-state index is -0.426. The predicted octanol–water partition coefficient (Wildman–Crippen LogP) is 2.98. The standard InChI is InChI=1S/C17H18N6O2/c1-12-10-19-22(11-12)7-6-18-16-8-13(2)20-17(21-16)14-4-3-5-15(9-14)23(24)25/h3-5,8-11H,6-7H2,1-2H3,(H,18,20,21). The number of benzene rings is 1. The van der Waals surface area contributed by atoms with Gasteiger partial charge in [-0.2, -0.15) is 5.10 Å². The molecule has 0 bridgehead atoms. The molecule has 0 amide bonds. The van der Waals surface area contributed by atoms with Crippen LogP contribution in [0.2, 0.25) is 0 Å². The summed E-state index contributed by atoms with van der Waals surface area (Å²) in [7, 11) is 0. The van der Waals surface area contributed by atoms with E-state index in [1.807, 2.05) is 37.0 Å². The molecular formula is C17H18N6O2. The third-order valence-electron chi connectivity index (χ3n) is 3.58. The fraction of sp³-hybridized carbons (Fsp3) is 0.235. The van der Waals surface area contributed by atoms with Crippen LogP contribution >= 0.6 is 0 Å². The minimum Gasteiger partial charge on any atom is -0.368 e. The van der Waals surface area contributed by atoms with Crippen LogP contribution in [0.15, 0.2) is 42.7 Å². The van der Waals surface area contributed by atoms with Crippen molar-refractivity contribution in [2.24, 2.45) is 0 Å². The molecule has 0 saturated carbocycles. The van der Waals surface area contributed by atoms with Gasteiger partial charge in [-0.25, -0.2) is 9.97 Å². The molecule has 0 aliphatic heterocycles. The van der Waals surface area contributed by atoms with E-state index in [1.165, 1.54) is 12.1 Å². The van der Waals surface area contributed by atoms with Crippen LogP contribution in [0.3, 0.4) is 0 Å². The highest BCUT2D eigenvalue weighted by Gasteiger charge is 2.10. The SMILES string of the molecule is Cc1cnn(CCNc2cc(C)nc(-c3cccc([N+](=O)[O-])c3)n2)c1. The summed E-state index contributed by atoms with van der Waals surface area (Å²) in [4.78, 5) is 19.4. The molecule has 1 aromatic carbocycles. The van der Waals surface area contributed by atoms with Crippen molar-refractivity contribution in [3.63, 3.8) is 0 Å². The molecule has 8 nitrogen and oxygen atoms in total. The van der Waals surface area contributed by atoms with E-state index in [0.29, 0.717) is 30.3 Å². The van der Waals surface area contributed by atoms with E-state index in [0.717, 1.165) is 11.3 Å². The number of non-ortho nitro benzene ring substituents is 1. The van der Waals surface area contributed by atoms with E-state index < -0.39 is 4.92 Å². The van der Waals surface area contributed by atoms with Crippen molar-refractivity contribution in [3.05, 3.63) is 64.1 Å². The summed E-state index contributed by atoms with van der Waals surface area (Å²) in [6.45, 7) is 5.23. The monoisotopic (exact) mass is 338 g/mol. The van der Waals surface area contributed by atoms with Crippen LogP contribution in [0, 0.1) is 24.0 Å². The van der Waals surface area contributed by atoms with Crippen LogP contribution in [-0.2, 0) is 6.54 Å². The van der Waals surface area contributed by atoms with Gasteiger partial charge in [0, 0.05) is 42.2 Å². The number of aromatic nitrogens is 4. The smallest absolute Gasteiger partial charge is 0.270 e. The molecule has 0 fully saturated rings. The van der Waals surface area contributed by atoms with Crippen LogP contribution in [0.5, 0.6) is 0 Å². The predicted molar refractivity (Wildman–Crippen MR) is 94.3 cm³/mol. The van der Waals surface area contributed by atoms with Crippen LogP contribution in [0.25, 0.3) is 11.4 Å². The van der Waals surface area contributed by atoms with E-state index >= 15 is 0 Å². The van der Waals surface area contributed by atoms with Crippen molar-refractivity contribution < 1.29 is 4.92 Å². The van der Waals surface area contributed by atoms with E-state index in [2.05, 4.69) is 20.4 Å². The first-order valence-electron chi connectivity index (χ1n) is 7.85. The molecule has 25 heavy (non-hydrogen) atoms. The van der Waals surface area contributed by atoms with Crippen LogP contribution < -0.4 is 5.32 Å². The number of anilines is 1. The molecule has 0 atom stereocenters. The molecule has 0 saturated heterocycles. The van der Waals surface area contributed by atoms with Gasteiger partial charge in [0.15, 0.2) is 5.82 Å². The lowest BCUT2D eigenvalue weighted by atomic mass is 10.2. The zero-order chi connectivity index (χ0) is 17.8. The number of hydrogen-bond acceptors (Lipinski definition) is 6. The summed E-state index contributed by atoms with van der Waals surface area (Å²) in [5, 5.41) is 18.4. The number of hydrogen-bond donors (Lipinski definition) is 1. The fourth-order valence-electron chi connectivity index (χ4n) is 2.43. The van der Waals surface area contributed by atoms with Gasteiger partial charge in [-0.3, -0.25) is 14.8 Å². The summed E-state index contributed by atoms with van der Waals surface area (Å²) >= 11 is 0. The molecule has 3 aromatic rings. The first kappa shape index (κ1) is 16.6. The fourth-order valence-corrected chi connectivity index (χ4v) is 2.43. The topological polar surface area (TPSA) is 98.8 Å². The molecule has 0 radical (unpaired) electrons. The number of rotatable bonds is 6. The molecule has 2 heterocycles.